The lowest BCUT2D eigenvalue weighted by atomic mass is 9.91. The molecule has 0 amide bonds. The zero-order chi connectivity index (χ0) is 9.90. The van der Waals surface area contributed by atoms with Crippen molar-refractivity contribution in [3.8, 4) is 0 Å². The molecule has 1 atom stereocenters. The maximum Gasteiger partial charge on any atom is 0.325 e. The standard InChI is InChI=1S/C7H11NO4S/c1-2-12-6(11)7(5(9)10)3-8-13-4-7/h8H,2-4H2,1H3,(H,9,10)/t7-/m1/s1. The predicted octanol–water partition coefficient (Wildman–Crippen LogP) is -0.128. The summed E-state index contributed by atoms with van der Waals surface area (Å²) in [5.41, 5.74) is -1.39. The topological polar surface area (TPSA) is 75.6 Å². The van der Waals surface area contributed by atoms with Crippen LogP contribution in [0.1, 0.15) is 6.92 Å². The molecular formula is C7H11NO4S. The van der Waals surface area contributed by atoms with Gasteiger partial charge < -0.3 is 9.84 Å². The molecule has 0 saturated carbocycles. The predicted molar refractivity (Wildman–Crippen MR) is 47.2 cm³/mol. The largest absolute Gasteiger partial charge is 0.480 e. The number of esters is 1. The number of nitrogens with one attached hydrogen (secondary N) is 1. The Bertz CT molecular complexity index is 225. The first-order chi connectivity index (χ1) is 6.13. The van der Waals surface area contributed by atoms with Gasteiger partial charge in [0.25, 0.3) is 0 Å². The molecule has 1 fully saturated rings. The third-order valence-electron chi connectivity index (χ3n) is 1.87. The van der Waals surface area contributed by atoms with E-state index in [1.54, 1.807) is 6.92 Å². The Morgan fingerprint density at radius 2 is 2.38 bits per heavy atom. The molecule has 2 N–H and O–H groups in total. The Hall–Kier alpha value is -0.750. The van der Waals surface area contributed by atoms with Crippen molar-refractivity contribution in [3.05, 3.63) is 0 Å². The summed E-state index contributed by atoms with van der Waals surface area (Å²) >= 11 is 1.23. The van der Waals surface area contributed by atoms with Crippen LogP contribution in [0.5, 0.6) is 0 Å². The van der Waals surface area contributed by atoms with E-state index in [4.69, 9.17) is 9.84 Å². The van der Waals surface area contributed by atoms with Crippen LogP contribution in [0.3, 0.4) is 0 Å². The van der Waals surface area contributed by atoms with Crippen molar-refractivity contribution < 1.29 is 19.4 Å². The average Bonchev–Trinajstić information content (AvgIpc) is 2.53. The number of carbonyl (C=O) groups is 2. The highest BCUT2D eigenvalue weighted by Crippen LogP contribution is 2.29. The fourth-order valence-corrected chi connectivity index (χ4v) is 2.06. The highest BCUT2D eigenvalue weighted by atomic mass is 32.2. The lowest BCUT2D eigenvalue weighted by molar-refractivity contribution is -0.165. The number of carbonyl (C=O) groups excluding carboxylic acids is 1. The van der Waals surface area contributed by atoms with E-state index in [-0.39, 0.29) is 18.9 Å². The number of carboxylic acids is 1. The van der Waals surface area contributed by atoms with Gasteiger partial charge in [0.2, 0.25) is 0 Å². The van der Waals surface area contributed by atoms with E-state index in [0.717, 1.165) is 0 Å². The molecule has 0 aromatic heterocycles. The van der Waals surface area contributed by atoms with Crippen molar-refractivity contribution in [1.29, 1.82) is 0 Å². The molecule has 0 aromatic rings. The Balaban J connectivity index is 2.78. The van der Waals surface area contributed by atoms with Gasteiger partial charge in [0.1, 0.15) is 0 Å². The van der Waals surface area contributed by atoms with E-state index in [9.17, 15) is 9.59 Å². The Labute approximate surface area is 80.0 Å². The molecule has 13 heavy (non-hydrogen) atoms. The lowest BCUT2D eigenvalue weighted by Crippen LogP contribution is -2.44. The van der Waals surface area contributed by atoms with Crippen LogP contribution in [0.2, 0.25) is 0 Å². The Morgan fingerprint density at radius 1 is 1.69 bits per heavy atom. The average molecular weight is 205 g/mol. The van der Waals surface area contributed by atoms with E-state index in [0.29, 0.717) is 0 Å². The van der Waals surface area contributed by atoms with Gasteiger partial charge in [0.05, 0.1) is 6.61 Å². The first-order valence-corrected chi connectivity index (χ1v) is 4.87. The van der Waals surface area contributed by atoms with Gasteiger partial charge in [-0.2, -0.15) is 0 Å². The van der Waals surface area contributed by atoms with Gasteiger partial charge in [-0.1, -0.05) is 11.9 Å². The van der Waals surface area contributed by atoms with Gasteiger partial charge in [-0.3, -0.25) is 14.3 Å². The van der Waals surface area contributed by atoms with Crippen LogP contribution in [0.25, 0.3) is 0 Å². The quantitative estimate of drug-likeness (QED) is 0.380. The van der Waals surface area contributed by atoms with Crippen LogP contribution < -0.4 is 4.72 Å². The molecule has 1 aliphatic heterocycles. The van der Waals surface area contributed by atoms with Crippen molar-refractivity contribution in [2.45, 2.75) is 6.92 Å². The van der Waals surface area contributed by atoms with Crippen molar-refractivity contribution in [1.82, 2.24) is 4.72 Å². The van der Waals surface area contributed by atoms with E-state index in [2.05, 4.69) is 4.72 Å². The van der Waals surface area contributed by atoms with Crippen molar-refractivity contribution in [2.75, 3.05) is 18.9 Å². The summed E-state index contributed by atoms with van der Waals surface area (Å²) in [6.45, 7) is 1.99. The second kappa shape index (κ2) is 3.97. The molecule has 1 rings (SSSR count). The van der Waals surface area contributed by atoms with Crippen LogP contribution >= 0.6 is 11.9 Å². The highest BCUT2D eigenvalue weighted by Gasteiger charge is 2.50. The molecule has 74 valence electrons. The van der Waals surface area contributed by atoms with Gasteiger partial charge in [-0.25, -0.2) is 0 Å². The highest BCUT2D eigenvalue weighted by molar-refractivity contribution is 7.97. The molecule has 0 aromatic carbocycles. The van der Waals surface area contributed by atoms with Crippen LogP contribution in [0, 0.1) is 5.41 Å². The number of hydrogen-bond acceptors (Lipinski definition) is 5. The number of rotatable bonds is 3. The van der Waals surface area contributed by atoms with Crippen molar-refractivity contribution in [3.63, 3.8) is 0 Å². The molecule has 5 nitrogen and oxygen atoms in total. The molecule has 0 spiro atoms. The van der Waals surface area contributed by atoms with E-state index < -0.39 is 17.4 Å². The Kier molecular flexibility index (Phi) is 3.16. The monoisotopic (exact) mass is 205 g/mol. The normalized spacial score (nSPS) is 27.2. The third-order valence-corrected chi connectivity index (χ3v) is 2.86. The summed E-state index contributed by atoms with van der Waals surface area (Å²) in [5.74, 6) is -1.55. The fraction of sp³-hybridized carbons (Fsp3) is 0.714. The number of hydrogen-bond donors (Lipinski definition) is 2. The molecule has 0 bridgehead atoms. The van der Waals surface area contributed by atoms with Gasteiger partial charge in [-0.05, 0) is 6.92 Å². The summed E-state index contributed by atoms with van der Waals surface area (Å²) in [6, 6.07) is 0. The minimum absolute atomic E-state index is 0.131. The van der Waals surface area contributed by atoms with E-state index in [1.165, 1.54) is 11.9 Å². The third kappa shape index (κ3) is 1.78. The SMILES string of the molecule is CCOC(=O)[C@]1(C(=O)O)CNSC1. The van der Waals surface area contributed by atoms with Crippen LogP contribution in [0.4, 0.5) is 0 Å². The molecule has 1 heterocycles. The molecule has 0 unspecified atom stereocenters. The minimum Gasteiger partial charge on any atom is -0.480 e. The van der Waals surface area contributed by atoms with Gasteiger partial charge in [-0.15, -0.1) is 0 Å². The summed E-state index contributed by atoms with van der Waals surface area (Å²) in [4.78, 5) is 22.2. The maximum atomic E-state index is 11.4. The summed E-state index contributed by atoms with van der Waals surface area (Å²) in [5, 5.41) is 8.91. The van der Waals surface area contributed by atoms with Crippen LogP contribution in [-0.2, 0) is 14.3 Å². The van der Waals surface area contributed by atoms with Crippen LogP contribution in [0.15, 0.2) is 0 Å². The molecule has 0 radical (unpaired) electrons. The molecule has 1 saturated heterocycles. The second-order valence-corrected chi connectivity index (χ2v) is 3.58. The lowest BCUT2D eigenvalue weighted by Gasteiger charge is -2.19. The summed E-state index contributed by atoms with van der Waals surface area (Å²) < 4.78 is 7.49. The van der Waals surface area contributed by atoms with Crippen LogP contribution in [-0.4, -0.2) is 35.9 Å². The first kappa shape index (κ1) is 10.3. The first-order valence-electron chi connectivity index (χ1n) is 3.89. The zero-order valence-electron chi connectivity index (χ0n) is 7.20. The van der Waals surface area contributed by atoms with Gasteiger partial charge in [0.15, 0.2) is 5.41 Å². The van der Waals surface area contributed by atoms with Crippen molar-refractivity contribution >= 4 is 23.9 Å². The fourth-order valence-electron chi connectivity index (χ4n) is 1.02. The van der Waals surface area contributed by atoms with Gasteiger partial charge in [0, 0.05) is 12.3 Å². The number of carboxylic acid groups (broad SMARTS) is 1. The minimum atomic E-state index is -1.39. The smallest absolute Gasteiger partial charge is 0.325 e. The summed E-state index contributed by atoms with van der Waals surface area (Å²) in [6.07, 6.45) is 0. The Morgan fingerprint density at radius 3 is 2.77 bits per heavy atom. The van der Waals surface area contributed by atoms with Gasteiger partial charge >= 0.3 is 11.9 Å². The molecule has 1 aliphatic rings. The van der Waals surface area contributed by atoms with E-state index in [1.807, 2.05) is 0 Å². The maximum absolute atomic E-state index is 11.4. The molecule has 6 heteroatoms. The second-order valence-electron chi connectivity index (χ2n) is 2.72. The zero-order valence-corrected chi connectivity index (χ0v) is 8.02. The van der Waals surface area contributed by atoms with E-state index >= 15 is 0 Å². The summed E-state index contributed by atoms with van der Waals surface area (Å²) in [7, 11) is 0. The molecule has 0 aliphatic carbocycles. The number of ether oxygens (including phenoxy) is 1. The van der Waals surface area contributed by atoms with Crippen molar-refractivity contribution in [2.24, 2.45) is 5.41 Å². The number of aliphatic carboxylic acids is 1. The molecular weight excluding hydrogens is 194 g/mol.